The van der Waals surface area contributed by atoms with E-state index in [9.17, 15) is 10.1 Å². The number of carbonyl (C=O) groups is 1. The molecule has 0 aliphatic rings. The van der Waals surface area contributed by atoms with Crippen molar-refractivity contribution in [2.24, 2.45) is 0 Å². The van der Waals surface area contributed by atoms with Crippen molar-refractivity contribution in [2.75, 3.05) is 26.7 Å². The Kier molecular flexibility index (Phi) is 5.89. The average molecular weight is 246 g/mol. The molecule has 0 N–H and O–H groups in total. The first-order valence-electron chi connectivity index (χ1n) is 5.96. The van der Waals surface area contributed by atoms with E-state index in [2.05, 4.69) is 6.07 Å². The minimum Gasteiger partial charge on any atom is -0.465 e. The Balaban J connectivity index is 2.54. The van der Waals surface area contributed by atoms with Gasteiger partial charge in [0, 0.05) is 6.54 Å². The number of likely N-dealkylation sites (N-methyl/N-ethyl adjacent to an activating group) is 1. The normalized spacial score (nSPS) is 11.9. The number of nitriles is 1. The Morgan fingerprint density at radius 3 is 2.67 bits per heavy atom. The van der Waals surface area contributed by atoms with Crippen LogP contribution in [0.1, 0.15) is 18.4 Å². The van der Waals surface area contributed by atoms with E-state index in [1.54, 1.807) is 11.8 Å². The number of carbonyl (C=O) groups excluding carboxylic acids is 1. The molecule has 0 aliphatic carbocycles. The zero-order chi connectivity index (χ0) is 13.4. The van der Waals surface area contributed by atoms with Crippen molar-refractivity contribution >= 4 is 5.97 Å². The van der Waals surface area contributed by atoms with Gasteiger partial charge in [0.25, 0.3) is 0 Å². The maximum absolute atomic E-state index is 11.3. The van der Waals surface area contributed by atoms with Crippen molar-refractivity contribution in [1.82, 2.24) is 4.90 Å². The van der Waals surface area contributed by atoms with Crippen molar-refractivity contribution in [3.63, 3.8) is 0 Å². The van der Waals surface area contributed by atoms with Crippen molar-refractivity contribution in [1.29, 1.82) is 5.26 Å². The van der Waals surface area contributed by atoms with E-state index in [1.165, 1.54) is 0 Å². The van der Waals surface area contributed by atoms with Crippen LogP contribution >= 0.6 is 0 Å². The van der Waals surface area contributed by atoms with Gasteiger partial charge in [0.15, 0.2) is 0 Å². The Morgan fingerprint density at radius 2 is 2.11 bits per heavy atom. The third-order valence-corrected chi connectivity index (χ3v) is 2.56. The standard InChI is InChI=1S/C14H18N2O2/c1-3-18-14(17)11-16(2)10-13(9-15)12-7-5-4-6-8-12/h4-8,13H,3,10-11H2,1-2H3. The molecule has 1 rings (SSSR count). The van der Waals surface area contributed by atoms with Crippen LogP contribution in [-0.4, -0.2) is 37.6 Å². The molecule has 0 saturated heterocycles. The van der Waals surface area contributed by atoms with Crippen LogP contribution in [0.4, 0.5) is 0 Å². The highest BCUT2D eigenvalue weighted by atomic mass is 16.5. The quantitative estimate of drug-likeness (QED) is 0.718. The van der Waals surface area contributed by atoms with Crippen LogP contribution in [0.25, 0.3) is 0 Å². The zero-order valence-corrected chi connectivity index (χ0v) is 10.8. The highest BCUT2D eigenvalue weighted by molar-refractivity contribution is 5.71. The molecule has 4 nitrogen and oxygen atoms in total. The fraction of sp³-hybridized carbons (Fsp3) is 0.429. The minimum absolute atomic E-state index is 0.207. The maximum atomic E-state index is 11.3. The van der Waals surface area contributed by atoms with E-state index >= 15 is 0 Å². The molecule has 1 atom stereocenters. The summed E-state index contributed by atoms with van der Waals surface area (Å²) in [6, 6.07) is 11.8. The molecule has 0 spiro atoms. The molecule has 0 aromatic heterocycles. The van der Waals surface area contributed by atoms with E-state index < -0.39 is 0 Å². The fourth-order valence-electron chi connectivity index (χ4n) is 1.71. The van der Waals surface area contributed by atoms with E-state index in [0.29, 0.717) is 13.2 Å². The Hall–Kier alpha value is -1.86. The van der Waals surface area contributed by atoms with Gasteiger partial charge in [-0.25, -0.2) is 0 Å². The number of benzene rings is 1. The van der Waals surface area contributed by atoms with Crippen LogP contribution in [-0.2, 0) is 9.53 Å². The van der Waals surface area contributed by atoms with Gasteiger partial charge in [-0.2, -0.15) is 5.26 Å². The summed E-state index contributed by atoms with van der Waals surface area (Å²) in [5, 5.41) is 9.17. The second-order valence-corrected chi connectivity index (χ2v) is 4.09. The van der Waals surface area contributed by atoms with Gasteiger partial charge in [-0.05, 0) is 19.5 Å². The summed E-state index contributed by atoms with van der Waals surface area (Å²) in [5.74, 6) is -0.490. The molecular formula is C14H18N2O2. The van der Waals surface area contributed by atoms with E-state index in [1.807, 2.05) is 37.4 Å². The summed E-state index contributed by atoms with van der Waals surface area (Å²) in [6.45, 7) is 2.88. The van der Waals surface area contributed by atoms with Crippen LogP contribution in [0.2, 0.25) is 0 Å². The summed E-state index contributed by atoms with van der Waals surface area (Å²) in [4.78, 5) is 13.1. The number of ether oxygens (including phenoxy) is 1. The number of rotatable bonds is 6. The molecular weight excluding hydrogens is 228 g/mol. The minimum atomic E-state index is -0.259. The Morgan fingerprint density at radius 1 is 1.44 bits per heavy atom. The molecule has 0 aliphatic heterocycles. The first-order chi connectivity index (χ1) is 8.67. The number of hydrogen-bond donors (Lipinski definition) is 0. The average Bonchev–Trinajstić information content (AvgIpc) is 2.37. The van der Waals surface area contributed by atoms with E-state index in [-0.39, 0.29) is 18.4 Å². The summed E-state index contributed by atoms with van der Waals surface area (Å²) < 4.78 is 4.87. The highest BCUT2D eigenvalue weighted by Crippen LogP contribution is 2.15. The van der Waals surface area contributed by atoms with Gasteiger partial charge in [-0.1, -0.05) is 30.3 Å². The molecule has 0 heterocycles. The van der Waals surface area contributed by atoms with Crippen molar-refractivity contribution < 1.29 is 9.53 Å². The molecule has 1 aromatic rings. The summed E-state index contributed by atoms with van der Waals surface area (Å²) in [6.07, 6.45) is 0. The highest BCUT2D eigenvalue weighted by Gasteiger charge is 2.15. The van der Waals surface area contributed by atoms with Crippen LogP contribution < -0.4 is 0 Å². The van der Waals surface area contributed by atoms with Gasteiger partial charge >= 0.3 is 5.97 Å². The second-order valence-electron chi connectivity index (χ2n) is 4.09. The molecule has 18 heavy (non-hydrogen) atoms. The van der Waals surface area contributed by atoms with Gasteiger partial charge in [-0.15, -0.1) is 0 Å². The lowest BCUT2D eigenvalue weighted by atomic mass is 10.0. The molecule has 0 fully saturated rings. The van der Waals surface area contributed by atoms with E-state index in [0.717, 1.165) is 5.56 Å². The molecule has 0 radical (unpaired) electrons. The second kappa shape index (κ2) is 7.46. The fourth-order valence-corrected chi connectivity index (χ4v) is 1.71. The van der Waals surface area contributed by atoms with Crippen molar-refractivity contribution in [3.05, 3.63) is 35.9 Å². The van der Waals surface area contributed by atoms with Gasteiger partial charge < -0.3 is 4.74 Å². The van der Waals surface area contributed by atoms with Gasteiger partial charge in [0.05, 0.1) is 25.1 Å². The monoisotopic (exact) mass is 246 g/mol. The van der Waals surface area contributed by atoms with Crippen LogP contribution in [0, 0.1) is 11.3 Å². The van der Waals surface area contributed by atoms with Gasteiger partial charge in [0.1, 0.15) is 0 Å². The molecule has 1 aromatic carbocycles. The summed E-state index contributed by atoms with van der Waals surface area (Å²) >= 11 is 0. The third-order valence-electron chi connectivity index (χ3n) is 2.56. The van der Waals surface area contributed by atoms with Gasteiger partial charge in [-0.3, -0.25) is 9.69 Å². The first kappa shape index (κ1) is 14.2. The maximum Gasteiger partial charge on any atom is 0.320 e. The Labute approximate surface area is 108 Å². The topological polar surface area (TPSA) is 53.3 Å². The largest absolute Gasteiger partial charge is 0.465 e. The van der Waals surface area contributed by atoms with Crippen LogP contribution in [0.15, 0.2) is 30.3 Å². The smallest absolute Gasteiger partial charge is 0.320 e. The SMILES string of the molecule is CCOC(=O)CN(C)CC(C#N)c1ccccc1. The molecule has 0 bridgehead atoms. The number of esters is 1. The predicted molar refractivity (Wildman–Crippen MR) is 68.9 cm³/mol. The van der Waals surface area contributed by atoms with Crippen molar-refractivity contribution in [3.8, 4) is 6.07 Å². The van der Waals surface area contributed by atoms with Crippen molar-refractivity contribution in [2.45, 2.75) is 12.8 Å². The zero-order valence-electron chi connectivity index (χ0n) is 10.8. The van der Waals surface area contributed by atoms with Crippen LogP contribution in [0.5, 0.6) is 0 Å². The van der Waals surface area contributed by atoms with E-state index in [4.69, 9.17) is 4.74 Å². The molecule has 0 amide bonds. The number of hydrogen-bond acceptors (Lipinski definition) is 4. The lowest BCUT2D eigenvalue weighted by molar-refractivity contribution is -0.144. The molecule has 1 unspecified atom stereocenters. The molecule has 0 saturated carbocycles. The lowest BCUT2D eigenvalue weighted by Gasteiger charge is -2.19. The third kappa shape index (κ3) is 4.56. The number of nitrogens with zero attached hydrogens (tertiary/aromatic N) is 2. The molecule has 96 valence electrons. The predicted octanol–water partition coefficient (Wildman–Crippen LogP) is 1.79. The lowest BCUT2D eigenvalue weighted by Crippen LogP contribution is -2.30. The van der Waals surface area contributed by atoms with Crippen LogP contribution in [0.3, 0.4) is 0 Å². The van der Waals surface area contributed by atoms with Gasteiger partial charge in [0.2, 0.25) is 0 Å². The summed E-state index contributed by atoms with van der Waals surface area (Å²) in [5.41, 5.74) is 0.968. The summed E-state index contributed by atoms with van der Waals surface area (Å²) in [7, 11) is 1.81. The first-order valence-corrected chi connectivity index (χ1v) is 5.96. The Bertz CT molecular complexity index is 412. The molecule has 4 heteroatoms.